The standard InChI is InChI=1S/C8H8F5N3O/c9-7(10,8(11,12)13)6(17)16-2-1-5-14-3-4-15-5/h3-4H,1-2H2,(H,14,15)(H,16,17). The summed E-state index contributed by atoms with van der Waals surface area (Å²) < 4.78 is 60.1. The predicted octanol–water partition coefficient (Wildman–Crippen LogP) is 1.27. The number of carbonyl (C=O) groups excluding carboxylic acids is 1. The van der Waals surface area contributed by atoms with Crippen LogP contribution in [0.15, 0.2) is 12.4 Å². The third-order valence-electron chi connectivity index (χ3n) is 1.84. The number of imidazole rings is 1. The van der Waals surface area contributed by atoms with E-state index in [1.54, 1.807) is 0 Å². The lowest BCUT2D eigenvalue weighted by molar-refractivity contribution is -0.269. The smallest absolute Gasteiger partial charge is 0.350 e. The van der Waals surface area contributed by atoms with Crippen molar-refractivity contribution in [3.63, 3.8) is 0 Å². The quantitative estimate of drug-likeness (QED) is 0.798. The van der Waals surface area contributed by atoms with Crippen LogP contribution in [0.4, 0.5) is 22.0 Å². The molecule has 0 aliphatic rings. The van der Waals surface area contributed by atoms with Gasteiger partial charge in [-0.15, -0.1) is 0 Å². The Morgan fingerprint density at radius 2 is 2.00 bits per heavy atom. The van der Waals surface area contributed by atoms with Crippen LogP contribution in [-0.2, 0) is 11.2 Å². The molecule has 0 spiro atoms. The molecule has 1 rings (SSSR count). The first-order chi connectivity index (χ1) is 7.75. The van der Waals surface area contributed by atoms with Crippen molar-refractivity contribution < 1.29 is 26.7 Å². The fourth-order valence-electron chi connectivity index (χ4n) is 0.969. The zero-order chi connectivity index (χ0) is 13.1. The number of carbonyl (C=O) groups is 1. The number of halogens is 5. The third-order valence-corrected chi connectivity index (χ3v) is 1.84. The summed E-state index contributed by atoms with van der Waals surface area (Å²) in [5.41, 5.74) is 0. The molecular formula is C8H8F5N3O. The molecule has 1 aromatic heterocycles. The summed E-state index contributed by atoms with van der Waals surface area (Å²) >= 11 is 0. The Balaban J connectivity index is 2.45. The lowest BCUT2D eigenvalue weighted by Crippen LogP contribution is -2.50. The fraction of sp³-hybridized carbons (Fsp3) is 0.500. The topological polar surface area (TPSA) is 57.8 Å². The molecule has 0 saturated heterocycles. The van der Waals surface area contributed by atoms with Gasteiger partial charge >= 0.3 is 12.1 Å². The molecule has 0 saturated carbocycles. The highest BCUT2D eigenvalue weighted by Gasteiger charge is 2.63. The highest BCUT2D eigenvalue weighted by Crippen LogP contribution is 2.35. The molecule has 4 nitrogen and oxygen atoms in total. The van der Waals surface area contributed by atoms with Gasteiger partial charge in [-0.2, -0.15) is 22.0 Å². The summed E-state index contributed by atoms with van der Waals surface area (Å²) in [7, 11) is 0. The second-order valence-electron chi connectivity index (χ2n) is 3.11. The molecule has 1 heterocycles. The van der Waals surface area contributed by atoms with Crippen molar-refractivity contribution in [2.45, 2.75) is 18.5 Å². The number of nitrogens with zero attached hydrogens (tertiary/aromatic N) is 1. The van der Waals surface area contributed by atoms with Gasteiger partial charge in [-0.25, -0.2) is 4.98 Å². The molecule has 9 heteroatoms. The molecule has 0 radical (unpaired) electrons. The molecule has 0 bridgehead atoms. The predicted molar refractivity (Wildman–Crippen MR) is 46.3 cm³/mol. The number of H-pyrrole nitrogens is 1. The van der Waals surface area contributed by atoms with E-state index in [1.165, 1.54) is 17.7 Å². The van der Waals surface area contributed by atoms with Crippen LogP contribution in [0.5, 0.6) is 0 Å². The monoisotopic (exact) mass is 257 g/mol. The number of amides is 1. The summed E-state index contributed by atoms with van der Waals surface area (Å²) in [5.74, 6) is -7.37. The van der Waals surface area contributed by atoms with Crippen LogP contribution in [0.25, 0.3) is 0 Å². The van der Waals surface area contributed by atoms with Gasteiger partial charge in [0, 0.05) is 25.4 Å². The maximum absolute atomic E-state index is 12.4. The molecular weight excluding hydrogens is 249 g/mol. The molecule has 0 unspecified atom stereocenters. The highest BCUT2D eigenvalue weighted by molar-refractivity contribution is 5.84. The summed E-state index contributed by atoms with van der Waals surface area (Å²) in [6.45, 7) is -0.363. The molecule has 2 N–H and O–H groups in total. The van der Waals surface area contributed by atoms with Crippen LogP contribution in [0.2, 0.25) is 0 Å². The normalized spacial score (nSPS) is 12.5. The van der Waals surface area contributed by atoms with Gasteiger partial charge in [0.15, 0.2) is 0 Å². The van der Waals surface area contributed by atoms with E-state index < -0.39 is 18.0 Å². The third kappa shape index (κ3) is 3.14. The summed E-state index contributed by atoms with van der Waals surface area (Å²) in [6.07, 6.45) is -3.00. The number of rotatable bonds is 4. The van der Waals surface area contributed by atoms with Gasteiger partial charge in [0.05, 0.1) is 0 Å². The maximum Gasteiger partial charge on any atom is 0.463 e. The minimum absolute atomic E-state index is 0.0344. The van der Waals surface area contributed by atoms with E-state index in [9.17, 15) is 26.7 Å². The van der Waals surface area contributed by atoms with E-state index in [0.29, 0.717) is 5.82 Å². The van der Waals surface area contributed by atoms with Gasteiger partial charge in [-0.05, 0) is 0 Å². The van der Waals surface area contributed by atoms with Crippen molar-refractivity contribution >= 4 is 5.91 Å². The van der Waals surface area contributed by atoms with Gasteiger partial charge in [0.2, 0.25) is 0 Å². The lowest BCUT2D eigenvalue weighted by atomic mass is 10.3. The van der Waals surface area contributed by atoms with Gasteiger partial charge in [-0.1, -0.05) is 0 Å². The van der Waals surface area contributed by atoms with Crippen molar-refractivity contribution in [2.75, 3.05) is 6.54 Å². The zero-order valence-electron chi connectivity index (χ0n) is 8.31. The number of aromatic amines is 1. The Bertz CT molecular complexity index is 373. The van der Waals surface area contributed by atoms with Crippen molar-refractivity contribution in [1.82, 2.24) is 15.3 Å². The van der Waals surface area contributed by atoms with E-state index in [1.807, 2.05) is 0 Å². The van der Waals surface area contributed by atoms with Crippen LogP contribution >= 0.6 is 0 Å². The van der Waals surface area contributed by atoms with E-state index >= 15 is 0 Å². The van der Waals surface area contributed by atoms with Gasteiger partial charge < -0.3 is 10.3 Å². The fourth-order valence-corrected chi connectivity index (χ4v) is 0.969. The first kappa shape index (κ1) is 13.4. The van der Waals surface area contributed by atoms with Crippen molar-refractivity contribution in [2.24, 2.45) is 0 Å². The Labute approximate surface area is 92.2 Å². The molecule has 1 amide bonds. The van der Waals surface area contributed by atoms with Crippen LogP contribution in [0.1, 0.15) is 5.82 Å². The maximum atomic E-state index is 12.4. The molecule has 0 atom stereocenters. The average Bonchev–Trinajstić information content (AvgIpc) is 2.68. The number of hydrogen-bond acceptors (Lipinski definition) is 2. The largest absolute Gasteiger partial charge is 0.463 e. The molecule has 17 heavy (non-hydrogen) atoms. The Hall–Kier alpha value is -1.67. The van der Waals surface area contributed by atoms with E-state index in [2.05, 4.69) is 9.97 Å². The number of nitrogens with one attached hydrogen (secondary N) is 2. The summed E-state index contributed by atoms with van der Waals surface area (Å²) in [6, 6.07) is 0. The van der Waals surface area contributed by atoms with E-state index in [4.69, 9.17) is 0 Å². The zero-order valence-corrected chi connectivity index (χ0v) is 8.31. The Morgan fingerprint density at radius 3 is 2.47 bits per heavy atom. The summed E-state index contributed by atoms with van der Waals surface area (Å²) in [4.78, 5) is 16.9. The minimum atomic E-state index is -5.89. The molecule has 0 aliphatic carbocycles. The highest BCUT2D eigenvalue weighted by atomic mass is 19.4. The number of alkyl halides is 5. The molecule has 0 aliphatic heterocycles. The van der Waals surface area contributed by atoms with Gasteiger partial charge in [-0.3, -0.25) is 4.79 Å². The van der Waals surface area contributed by atoms with Crippen molar-refractivity contribution in [1.29, 1.82) is 0 Å². The van der Waals surface area contributed by atoms with Gasteiger partial charge in [0.1, 0.15) is 5.82 Å². The van der Waals surface area contributed by atoms with E-state index in [-0.39, 0.29) is 13.0 Å². The van der Waals surface area contributed by atoms with Gasteiger partial charge in [0.25, 0.3) is 5.91 Å². The molecule has 0 fully saturated rings. The lowest BCUT2D eigenvalue weighted by Gasteiger charge is -2.18. The SMILES string of the molecule is O=C(NCCc1ncc[nH]1)C(F)(F)C(F)(F)F. The number of hydrogen-bond donors (Lipinski definition) is 2. The molecule has 0 aromatic carbocycles. The van der Waals surface area contributed by atoms with Crippen molar-refractivity contribution in [3.05, 3.63) is 18.2 Å². The average molecular weight is 257 g/mol. The first-order valence-corrected chi connectivity index (χ1v) is 4.46. The Morgan fingerprint density at radius 1 is 1.35 bits per heavy atom. The second-order valence-corrected chi connectivity index (χ2v) is 3.11. The van der Waals surface area contributed by atoms with Crippen LogP contribution in [-0.4, -0.2) is 34.5 Å². The minimum Gasteiger partial charge on any atom is -0.350 e. The van der Waals surface area contributed by atoms with Crippen molar-refractivity contribution in [3.8, 4) is 0 Å². The second kappa shape index (κ2) is 4.68. The van der Waals surface area contributed by atoms with Crippen LogP contribution < -0.4 is 5.32 Å². The summed E-state index contributed by atoms with van der Waals surface area (Å²) in [5, 5.41) is 1.50. The van der Waals surface area contributed by atoms with Crippen LogP contribution in [0, 0.1) is 0 Å². The number of aromatic nitrogens is 2. The van der Waals surface area contributed by atoms with E-state index in [0.717, 1.165) is 0 Å². The molecule has 1 aromatic rings. The Kier molecular flexibility index (Phi) is 3.69. The molecule has 96 valence electrons. The van der Waals surface area contributed by atoms with Crippen LogP contribution in [0.3, 0.4) is 0 Å². The first-order valence-electron chi connectivity index (χ1n) is 4.46.